The van der Waals surface area contributed by atoms with Crippen molar-refractivity contribution in [1.29, 1.82) is 0 Å². The summed E-state index contributed by atoms with van der Waals surface area (Å²) >= 11 is 0. The Morgan fingerprint density at radius 3 is 2.33 bits per heavy atom. The number of ether oxygens (including phenoxy) is 2. The van der Waals surface area contributed by atoms with Gasteiger partial charge in [0.2, 0.25) is 0 Å². The van der Waals surface area contributed by atoms with Crippen LogP contribution in [-0.4, -0.2) is 46.6 Å². The number of hydrogen-bond acceptors (Lipinski definition) is 7. The maximum atomic E-state index is 11.1. The van der Waals surface area contributed by atoms with Gasteiger partial charge in [-0.25, -0.2) is 4.79 Å². The monoisotopic (exact) mass is 282 g/mol. The Morgan fingerprint density at radius 1 is 1.17 bits per heavy atom. The van der Waals surface area contributed by atoms with Gasteiger partial charge in [-0.1, -0.05) is 17.8 Å². The zero-order chi connectivity index (χ0) is 13.9. The standard InChI is InChI=1S/C10H18O7S/c1-3-5-14-6-7-15-8-9-18(12,13)17-16-10(11)4-2/h4H,2-3,5-9H2,1H3. The fourth-order valence-electron chi connectivity index (χ4n) is 0.781. The largest absolute Gasteiger partial charge is 0.379 e. The second-order valence-corrected chi connectivity index (χ2v) is 4.82. The predicted molar refractivity (Wildman–Crippen MR) is 63.1 cm³/mol. The van der Waals surface area contributed by atoms with Crippen LogP contribution in [0.4, 0.5) is 0 Å². The van der Waals surface area contributed by atoms with Gasteiger partial charge in [-0.2, -0.15) is 8.42 Å². The summed E-state index contributed by atoms with van der Waals surface area (Å²) in [5, 5.41) is 0. The Morgan fingerprint density at radius 2 is 1.78 bits per heavy atom. The molecule has 0 rings (SSSR count). The van der Waals surface area contributed by atoms with Crippen molar-refractivity contribution in [2.24, 2.45) is 0 Å². The summed E-state index contributed by atoms with van der Waals surface area (Å²) in [6, 6.07) is 0. The molecule has 0 aliphatic rings. The second kappa shape index (κ2) is 10.0. The highest BCUT2D eigenvalue weighted by Crippen LogP contribution is 1.96. The van der Waals surface area contributed by atoms with Gasteiger partial charge in [0, 0.05) is 12.7 Å². The van der Waals surface area contributed by atoms with E-state index in [0.717, 1.165) is 12.5 Å². The van der Waals surface area contributed by atoms with Gasteiger partial charge in [0.15, 0.2) is 0 Å². The van der Waals surface area contributed by atoms with E-state index in [4.69, 9.17) is 9.47 Å². The normalized spacial score (nSPS) is 11.2. The molecule has 0 radical (unpaired) electrons. The zero-order valence-electron chi connectivity index (χ0n) is 10.3. The van der Waals surface area contributed by atoms with Crippen molar-refractivity contribution >= 4 is 16.1 Å². The molecule has 0 saturated heterocycles. The summed E-state index contributed by atoms with van der Waals surface area (Å²) in [6.45, 7) is 6.34. The minimum Gasteiger partial charge on any atom is -0.379 e. The Balaban J connectivity index is 3.58. The highest BCUT2D eigenvalue weighted by Gasteiger charge is 2.14. The maximum Gasteiger partial charge on any atom is 0.366 e. The van der Waals surface area contributed by atoms with Crippen molar-refractivity contribution in [3.63, 3.8) is 0 Å². The van der Waals surface area contributed by atoms with E-state index >= 15 is 0 Å². The van der Waals surface area contributed by atoms with Crippen LogP contribution in [-0.2, 0) is 33.6 Å². The molecule has 0 bridgehead atoms. The lowest BCUT2D eigenvalue weighted by Gasteiger charge is -2.05. The van der Waals surface area contributed by atoms with Crippen LogP contribution in [0, 0.1) is 0 Å². The molecule has 18 heavy (non-hydrogen) atoms. The SMILES string of the molecule is C=CC(=O)OOS(=O)(=O)CCOCCOCCC. The van der Waals surface area contributed by atoms with Crippen LogP contribution < -0.4 is 0 Å². The molecule has 0 fully saturated rings. The molecular formula is C10H18O7S. The van der Waals surface area contributed by atoms with Crippen LogP contribution in [0.2, 0.25) is 0 Å². The van der Waals surface area contributed by atoms with Crippen molar-refractivity contribution in [2.75, 3.05) is 32.2 Å². The number of hydrogen-bond donors (Lipinski definition) is 0. The molecule has 0 amide bonds. The average Bonchev–Trinajstić information content (AvgIpc) is 2.35. The fraction of sp³-hybridized carbons (Fsp3) is 0.700. The van der Waals surface area contributed by atoms with E-state index in [0.29, 0.717) is 19.8 Å². The van der Waals surface area contributed by atoms with Gasteiger partial charge in [0.1, 0.15) is 5.75 Å². The summed E-state index contributed by atoms with van der Waals surface area (Å²) in [7, 11) is -3.94. The van der Waals surface area contributed by atoms with Crippen molar-refractivity contribution in [2.45, 2.75) is 13.3 Å². The van der Waals surface area contributed by atoms with Gasteiger partial charge in [0.25, 0.3) is 0 Å². The van der Waals surface area contributed by atoms with Crippen molar-refractivity contribution in [3.8, 4) is 0 Å². The number of rotatable bonds is 11. The molecule has 0 aromatic heterocycles. The lowest BCUT2D eigenvalue weighted by atomic mass is 10.5. The molecule has 0 N–H and O–H groups in total. The zero-order valence-corrected chi connectivity index (χ0v) is 11.1. The first kappa shape index (κ1) is 17.0. The smallest absolute Gasteiger partial charge is 0.366 e. The fourth-order valence-corrected chi connectivity index (χ4v) is 1.34. The third-order valence-corrected chi connectivity index (χ3v) is 2.53. The topological polar surface area (TPSA) is 88.1 Å². The molecule has 0 unspecified atom stereocenters. The van der Waals surface area contributed by atoms with E-state index < -0.39 is 21.8 Å². The average molecular weight is 282 g/mol. The maximum absolute atomic E-state index is 11.1. The summed E-state index contributed by atoms with van der Waals surface area (Å²) in [5.41, 5.74) is 0. The van der Waals surface area contributed by atoms with E-state index in [2.05, 4.69) is 15.8 Å². The minimum atomic E-state index is -3.94. The van der Waals surface area contributed by atoms with E-state index in [-0.39, 0.29) is 6.61 Å². The lowest BCUT2D eigenvalue weighted by Crippen LogP contribution is -2.18. The Bertz CT molecular complexity index is 336. The van der Waals surface area contributed by atoms with Crippen molar-refractivity contribution in [1.82, 2.24) is 0 Å². The van der Waals surface area contributed by atoms with Gasteiger partial charge in [-0.05, 0) is 6.42 Å². The highest BCUT2D eigenvalue weighted by atomic mass is 32.2. The van der Waals surface area contributed by atoms with E-state index in [1.54, 1.807) is 0 Å². The lowest BCUT2D eigenvalue weighted by molar-refractivity contribution is -0.204. The van der Waals surface area contributed by atoms with Crippen LogP contribution in [0.5, 0.6) is 0 Å². The minimum absolute atomic E-state index is 0.0660. The Kier molecular flexibility index (Phi) is 9.47. The molecule has 106 valence electrons. The van der Waals surface area contributed by atoms with Gasteiger partial charge < -0.3 is 9.47 Å². The third-order valence-electron chi connectivity index (χ3n) is 1.58. The second-order valence-electron chi connectivity index (χ2n) is 3.16. The Hall–Kier alpha value is -0.960. The first-order valence-electron chi connectivity index (χ1n) is 5.42. The summed E-state index contributed by atoms with van der Waals surface area (Å²) < 4.78 is 36.4. The van der Waals surface area contributed by atoms with E-state index in [1.807, 2.05) is 6.92 Å². The summed E-state index contributed by atoms with van der Waals surface area (Å²) in [6.07, 6.45) is 1.70. The first-order chi connectivity index (χ1) is 8.52. The van der Waals surface area contributed by atoms with Gasteiger partial charge >= 0.3 is 16.1 Å². The molecule has 0 saturated carbocycles. The third kappa shape index (κ3) is 10.2. The first-order valence-corrected chi connectivity index (χ1v) is 7.00. The van der Waals surface area contributed by atoms with E-state index in [1.165, 1.54) is 0 Å². The molecule has 0 aliphatic heterocycles. The Labute approximate surface area is 107 Å². The van der Waals surface area contributed by atoms with Crippen LogP contribution in [0.25, 0.3) is 0 Å². The number of carbonyl (C=O) groups excluding carboxylic acids is 1. The van der Waals surface area contributed by atoms with Crippen molar-refractivity contribution < 1.29 is 31.9 Å². The molecule has 0 aromatic carbocycles. The molecule has 0 heterocycles. The van der Waals surface area contributed by atoms with Crippen LogP contribution in [0.3, 0.4) is 0 Å². The number of carbonyl (C=O) groups is 1. The molecule has 0 aromatic rings. The molecule has 0 atom stereocenters. The molecular weight excluding hydrogens is 264 g/mol. The molecule has 8 heteroatoms. The van der Waals surface area contributed by atoms with E-state index in [9.17, 15) is 13.2 Å². The molecule has 0 aliphatic carbocycles. The van der Waals surface area contributed by atoms with Gasteiger partial charge in [0.05, 0.1) is 19.8 Å². The summed E-state index contributed by atoms with van der Waals surface area (Å²) in [4.78, 5) is 14.5. The predicted octanol–water partition coefficient (Wildman–Crippen LogP) is 0.420. The quantitative estimate of drug-likeness (QED) is 0.235. The van der Waals surface area contributed by atoms with Crippen LogP contribution in [0.15, 0.2) is 12.7 Å². The van der Waals surface area contributed by atoms with Gasteiger partial charge in [-0.3, -0.25) is 4.89 Å². The highest BCUT2D eigenvalue weighted by molar-refractivity contribution is 7.86. The summed E-state index contributed by atoms with van der Waals surface area (Å²) in [5.74, 6) is -1.39. The van der Waals surface area contributed by atoms with Crippen LogP contribution in [0.1, 0.15) is 13.3 Å². The van der Waals surface area contributed by atoms with Crippen LogP contribution >= 0.6 is 0 Å². The molecule has 0 spiro atoms. The van der Waals surface area contributed by atoms with Gasteiger partial charge in [-0.15, -0.1) is 0 Å². The molecule has 7 nitrogen and oxygen atoms in total. The van der Waals surface area contributed by atoms with Crippen molar-refractivity contribution in [3.05, 3.63) is 12.7 Å².